The van der Waals surface area contributed by atoms with Crippen molar-refractivity contribution in [1.82, 2.24) is 4.90 Å². The Hall–Kier alpha value is -2.08. The zero-order valence-electron chi connectivity index (χ0n) is 13.1. The van der Waals surface area contributed by atoms with Crippen LogP contribution < -0.4 is 10.6 Å². The molecular weight excluding hydrogens is 282 g/mol. The molecule has 22 heavy (non-hydrogen) atoms. The van der Waals surface area contributed by atoms with E-state index in [0.29, 0.717) is 24.3 Å². The molecule has 6 nitrogen and oxygen atoms in total. The fourth-order valence-electron chi connectivity index (χ4n) is 2.78. The maximum Gasteiger partial charge on any atom is 0.322 e. The van der Waals surface area contributed by atoms with E-state index in [2.05, 4.69) is 10.6 Å². The first-order chi connectivity index (χ1) is 10.5. The number of rotatable bonds is 4. The van der Waals surface area contributed by atoms with E-state index in [1.165, 1.54) is 6.92 Å². The summed E-state index contributed by atoms with van der Waals surface area (Å²) in [5.74, 6) is -0.149. The van der Waals surface area contributed by atoms with Gasteiger partial charge in [-0.3, -0.25) is 4.79 Å². The summed E-state index contributed by atoms with van der Waals surface area (Å²) < 4.78 is 0. The van der Waals surface area contributed by atoms with Crippen molar-refractivity contribution in [2.24, 2.45) is 0 Å². The Morgan fingerprint density at radius 1 is 1.36 bits per heavy atom. The van der Waals surface area contributed by atoms with Gasteiger partial charge in [-0.25, -0.2) is 4.79 Å². The highest BCUT2D eigenvalue weighted by Crippen LogP contribution is 2.24. The summed E-state index contributed by atoms with van der Waals surface area (Å²) >= 11 is 0. The van der Waals surface area contributed by atoms with Crippen molar-refractivity contribution in [2.75, 3.05) is 23.8 Å². The van der Waals surface area contributed by atoms with Gasteiger partial charge in [-0.05, 0) is 43.9 Å². The summed E-state index contributed by atoms with van der Waals surface area (Å²) in [6.07, 6.45) is 2.50. The Labute approximate surface area is 130 Å². The third-order valence-corrected chi connectivity index (χ3v) is 3.90. The molecule has 1 aliphatic rings. The lowest BCUT2D eigenvalue weighted by atomic mass is 10.1. The van der Waals surface area contributed by atoms with E-state index in [-0.39, 0.29) is 24.6 Å². The van der Waals surface area contributed by atoms with Gasteiger partial charge < -0.3 is 20.6 Å². The SMILES string of the molecule is CC(=O)Nc1ccc(C)c(NC(=O)N2CCC[C@@H]2CCO)c1. The monoisotopic (exact) mass is 305 g/mol. The van der Waals surface area contributed by atoms with E-state index in [9.17, 15) is 9.59 Å². The Kier molecular flexibility index (Phi) is 5.38. The second-order valence-electron chi connectivity index (χ2n) is 5.64. The molecule has 1 aliphatic heterocycles. The van der Waals surface area contributed by atoms with Crippen LogP contribution in [0.5, 0.6) is 0 Å². The van der Waals surface area contributed by atoms with Gasteiger partial charge in [0, 0.05) is 37.5 Å². The summed E-state index contributed by atoms with van der Waals surface area (Å²) in [4.78, 5) is 25.3. The summed E-state index contributed by atoms with van der Waals surface area (Å²) in [5.41, 5.74) is 2.27. The smallest absolute Gasteiger partial charge is 0.322 e. The van der Waals surface area contributed by atoms with Crippen LogP contribution in [0.2, 0.25) is 0 Å². The molecule has 3 amide bonds. The van der Waals surface area contributed by atoms with Crippen molar-refractivity contribution in [3.8, 4) is 0 Å². The van der Waals surface area contributed by atoms with Crippen LogP contribution in [0.3, 0.4) is 0 Å². The van der Waals surface area contributed by atoms with Crippen LogP contribution in [0.15, 0.2) is 18.2 Å². The molecule has 0 aromatic heterocycles. The minimum Gasteiger partial charge on any atom is -0.396 e. The van der Waals surface area contributed by atoms with Crippen LogP contribution in [0, 0.1) is 6.92 Å². The predicted octanol–water partition coefficient (Wildman–Crippen LogP) is 2.33. The van der Waals surface area contributed by atoms with Gasteiger partial charge in [-0.2, -0.15) is 0 Å². The van der Waals surface area contributed by atoms with Gasteiger partial charge in [-0.15, -0.1) is 0 Å². The predicted molar refractivity (Wildman–Crippen MR) is 85.9 cm³/mol. The van der Waals surface area contributed by atoms with Crippen LogP contribution in [0.4, 0.5) is 16.2 Å². The quantitative estimate of drug-likeness (QED) is 0.798. The van der Waals surface area contributed by atoms with E-state index in [1.54, 1.807) is 17.0 Å². The van der Waals surface area contributed by atoms with Gasteiger partial charge in [-0.1, -0.05) is 6.07 Å². The molecule has 0 spiro atoms. The average Bonchev–Trinajstić information content (AvgIpc) is 2.91. The minimum atomic E-state index is -0.154. The number of urea groups is 1. The van der Waals surface area contributed by atoms with Crippen LogP contribution in [-0.4, -0.2) is 41.1 Å². The molecule has 1 aromatic carbocycles. The van der Waals surface area contributed by atoms with E-state index in [4.69, 9.17) is 5.11 Å². The highest BCUT2D eigenvalue weighted by molar-refractivity contribution is 5.93. The van der Waals surface area contributed by atoms with Crippen LogP contribution in [0.25, 0.3) is 0 Å². The van der Waals surface area contributed by atoms with Gasteiger partial charge >= 0.3 is 6.03 Å². The number of aliphatic hydroxyl groups excluding tert-OH is 1. The number of carbonyl (C=O) groups excluding carboxylic acids is 2. The van der Waals surface area contributed by atoms with E-state index in [0.717, 1.165) is 18.4 Å². The van der Waals surface area contributed by atoms with Crippen molar-refractivity contribution >= 4 is 23.3 Å². The number of anilines is 2. The second kappa shape index (κ2) is 7.26. The number of benzene rings is 1. The van der Waals surface area contributed by atoms with Crippen molar-refractivity contribution in [2.45, 2.75) is 39.2 Å². The number of aryl methyl sites for hydroxylation is 1. The zero-order valence-corrected chi connectivity index (χ0v) is 13.1. The fourth-order valence-corrected chi connectivity index (χ4v) is 2.78. The number of nitrogens with one attached hydrogen (secondary N) is 2. The number of carbonyl (C=O) groups is 2. The third kappa shape index (κ3) is 3.98. The molecule has 0 unspecified atom stereocenters. The highest BCUT2D eigenvalue weighted by atomic mass is 16.3. The first-order valence-corrected chi connectivity index (χ1v) is 7.58. The molecule has 1 heterocycles. The second-order valence-corrected chi connectivity index (χ2v) is 5.64. The Morgan fingerprint density at radius 2 is 2.14 bits per heavy atom. The minimum absolute atomic E-state index is 0.0888. The highest BCUT2D eigenvalue weighted by Gasteiger charge is 2.28. The molecule has 1 aromatic rings. The molecule has 3 N–H and O–H groups in total. The molecular formula is C16H23N3O3. The van der Waals surface area contributed by atoms with E-state index >= 15 is 0 Å². The lowest BCUT2D eigenvalue weighted by Gasteiger charge is -2.25. The Bertz CT molecular complexity index is 560. The molecule has 1 saturated heterocycles. The van der Waals surface area contributed by atoms with E-state index in [1.807, 2.05) is 13.0 Å². The number of hydrogen-bond donors (Lipinski definition) is 3. The zero-order chi connectivity index (χ0) is 16.1. The molecule has 120 valence electrons. The van der Waals surface area contributed by atoms with E-state index < -0.39 is 0 Å². The first kappa shape index (κ1) is 16.3. The normalized spacial score (nSPS) is 17.4. The van der Waals surface area contributed by atoms with Gasteiger partial charge in [0.1, 0.15) is 0 Å². The summed E-state index contributed by atoms with van der Waals surface area (Å²) in [6, 6.07) is 5.36. The molecule has 6 heteroatoms. The summed E-state index contributed by atoms with van der Waals surface area (Å²) in [5, 5.41) is 14.7. The Morgan fingerprint density at radius 3 is 2.82 bits per heavy atom. The number of amides is 3. The van der Waals surface area contributed by atoms with Gasteiger partial charge in [0.15, 0.2) is 0 Å². The van der Waals surface area contributed by atoms with Crippen LogP contribution in [-0.2, 0) is 4.79 Å². The Balaban J connectivity index is 2.09. The molecule has 1 atom stereocenters. The molecule has 2 rings (SSSR count). The van der Waals surface area contributed by atoms with Gasteiger partial charge in [0.25, 0.3) is 0 Å². The lowest BCUT2D eigenvalue weighted by molar-refractivity contribution is -0.114. The molecule has 0 aliphatic carbocycles. The summed E-state index contributed by atoms with van der Waals surface area (Å²) in [7, 11) is 0. The summed E-state index contributed by atoms with van der Waals surface area (Å²) in [6.45, 7) is 4.15. The largest absolute Gasteiger partial charge is 0.396 e. The van der Waals surface area contributed by atoms with Crippen molar-refractivity contribution in [1.29, 1.82) is 0 Å². The topological polar surface area (TPSA) is 81.7 Å². The van der Waals surface area contributed by atoms with Crippen molar-refractivity contribution in [3.63, 3.8) is 0 Å². The number of aliphatic hydroxyl groups is 1. The number of nitrogens with zero attached hydrogens (tertiary/aromatic N) is 1. The molecule has 0 saturated carbocycles. The van der Waals surface area contributed by atoms with Crippen molar-refractivity contribution < 1.29 is 14.7 Å². The third-order valence-electron chi connectivity index (χ3n) is 3.90. The molecule has 1 fully saturated rings. The maximum atomic E-state index is 12.4. The van der Waals surface area contributed by atoms with Gasteiger partial charge in [0.2, 0.25) is 5.91 Å². The molecule has 0 bridgehead atoms. The fraction of sp³-hybridized carbons (Fsp3) is 0.500. The van der Waals surface area contributed by atoms with Crippen LogP contribution >= 0.6 is 0 Å². The number of likely N-dealkylation sites (tertiary alicyclic amines) is 1. The molecule has 0 radical (unpaired) electrons. The average molecular weight is 305 g/mol. The lowest BCUT2D eigenvalue weighted by Crippen LogP contribution is -2.39. The van der Waals surface area contributed by atoms with Crippen molar-refractivity contribution in [3.05, 3.63) is 23.8 Å². The van der Waals surface area contributed by atoms with Crippen LogP contribution in [0.1, 0.15) is 31.7 Å². The standard InChI is InChI=1S/C16H23N3O3/c1-11-5-6-13(17-12(2)21)10-15(11)18-16(22)19-8-3-4-14(19)7-9-20/h5-6,10,14,20H,3-4,7-9H2,1-2H3,(H,17,21)(H,18,22)/t14-/m1/s1. The van der Waals surface area contributed by atoms with Gasteiger partial charge in [0.05, 0.1) is 0 Å². The maximum absolute atomic E-state index is 12.4. The number of hydrogen-bond acceptors (Lipinski definition) is 3. The first-order valence-electron chi connectivity index (χ1n) is 7.58.